The smallest absolute Gasteiger partial charge is 0.408 e. The lowest BCUT2D eigenvalue weighted by molar-refractivity contribution is -0.143. The monoisotopic (exact) mass is 693 g/mol. The van der Waals surface area contributed by atoms with Crippen molar-refractivity contribution in [1.29, 1.82) is 0 Å². The maximum Gasteiger partial charge on any atom is 0.408 e. The van der Waals surface area contributed by atoms with E-state index < -0.39 is 58.2 Å². The average Bonchev–Trinajstić information content (AvgIpc) is 3.61. The SMILES string of the molecule is CCCC(=O)C(=O)[C@@H](CC(=O)[C@@H]1C[C@]2(CC(c3cc(C)c(CCC)c(C)c3)=NO2)CN1C(=O)[C@@H](NC(=O)OC(C)(C)C)C(C)(C)C)CC1CC1. The van der Waals surface area contributed by atoms with Crippen molar-refractivity contribution < 1.29 is 33.5 Å². The Bertz CT molecular complexity index is 1490. The highest BCUT2D eigenvalue weighted by Gasteiger charge is 2.55. The molecule has 10 nitrogen and oxygen atoms in total. The second-order valence-corrected chi connectivity index (χ2v) is 17.0. The van der Waals surface area contributed by atoms with Crippen molar-refractivity contribution in [2.45, 2.75) is 157 Å². The van der Waals surface area contributed by atoms with Crippen molar-refractivity contribution in [3.63, 3.8) is 0 Å². The topological polar surface area (TPSA) is 131 Å². The van der Waals surface area contributed by atoms with Crippen LogP contribution in [0.1, 0.15) is 135 Å². The van der Waals surface area contributed by atoms with E-state index in [0.29, 0.717) is 25.2 Å². The van der Waals surface area contributed by atoms with Crippen molar-refractivity contribution in [1.82, 2.24) is 10.2 Å². The second-order valence-electron chi connectivity index (χ2n) is 17.0. The number of carbonyl (C=O) groups is 5. The molecular formula is C40H59N3O7. The van der Waals surface area contributed by atoms with Gasteiger partial charge in [0.05, 0.1) is 18.3 Å². The van der Waals surface area contributed by atoms with Gasteiger partial charge in [0.25, 0.3) is 0 Å². The highest BCUT2D eigenvalue weighted by molar-refractivity contribution is 6.38. The van der Waals surface area contributed by atoms with Crippen LogP contribution in [0.5, 0.6) is 0 Å². The maximum atomic E-state index is 14.6. The number of alkyl carbamates (subject to hydrolysis) is 1. The molecule has 1 saturated heterocycles. The lowest BCUT2D eigenvalue weighted by Gasteiger charge is -2.36. The fourth-order valence-electron chi connectivity index (χ4n) is 7.38. The van der Waals surface area contributed by atoms with Crippen molar-refractivity contribution in [3.8, 4) is 0 Å². The lowest BCUT2D eigenvalue weighted by atomic mass is 9.84. The summed E-state index contributed by atoms with van der Waals surface area (Å²) in [7, 11) is 0. The standard InChI is InChI=1S/C40H59N3O7/c1-11-13-29-24(3)17-27(18-25(29)4)30-21-40(50-42-30)22-31(33(45)20-28(19-26-15-16-26)34(46)32(44)14-12-2)43(23-40)36(47)35(38(5,6)7)41-37(48)49-39(8,9)10/h17-18,26,28,31,35H,11-16,19-23H2,1-10H3,(H,41,48)/t28-,31+,35-,40-/m1/s1. The molecule has 1 N–H and O–H groups in total. The van der Waals surface area contributed by atoms with Gasteiger partial charge in [-0.25, -0.2) is 4.79 Å². The van der Waals surface area contributed by atoms with E-state index in [2.05, 4.69) is 43.4 Å². The fraction of sp³-hybridized carbons (Fsp3) is 0.700. The van der Waals surface area contributed by atoms with Gasteiger partial charge in [-0.3, -0.25) is 19.2 Å². The molecule has 0 radical (unpaired) electrons. The first-order valence-electron chi connectivity index (χ1n) is 18.5. The number of carbonyl (C=O) groups excluding carboxylic acids is 5. The third kappa shape index (κ3) is 9.60. The number of benzene rings is 1. The molecule has 4 atom stereocenters. The minimum atomic E-state index is -1.02. The molecule has 1 aromatic rings. The quantitative estimate of drug-likeness (QED) is 0.208. The molecule has 3 aliphatic rings. The van der Waals surface area contributed by atoms with E-state index in [1.165, 1.54) is 21.6 Å². The van der Waals surface area contributed by atoms with Gasteiger partial charge >= 0.3 is 6.09 Å². The van der Waals surface area contributed by atoms with E-state index in [0.717, 1.165) is 37.0 Å². The largest absolute Gasteiger partial charge is 0.444 e. The Morgan fingerprint density at radius 3 is 2.20 bits per heavy atom. The van der Waals surface area contributed by atoms with Crippen LogP contribution in [-0.4, -0.2) is 69.8 Å². The summed E-state index contributed by atoms with van der Waals surface area (Å²) in [4.78, 5) is 75.7. The number of oxime groups is 1. The minimum Gasteiger partial charge on any atom is -0.444 e. The number of nitrogens with one attached hydrogen (secondary N) is 1. The first-order chi connectivity index (χ1) is 23.3. The van der Waals surface area contributed by atoms with Crippen LogP contribution in [-0.2, 0) is 35.2 Å². The van der Waals surface area contributed by atoms with Crippen molar-refractivity contribution >= 4 is 35.1 Å². The molecule has 2 heterocycles. The van der Waals surface area contributed by atoms with E-state index in [1.807, 2.05) is 27.7 Å². The molecule has 50 heavy (non-hydrogen) atoms. The van der Waals surface area contributed by atoms with Crippen LogP contribution in [0.2, 0.25) is 0 Å². The van der Waals surface area contributed by atoms with Crippen LogP contribution in [0.25, 0.3) is 0 Å². The summed E-state index contributed by atoms with van der Waals surface area (Å²) in [5.41, 5.74) is 2.94. The van der Waals surface area contributed by atoms with E-state index in [-0.39, 0.29) is 31.6 Å². The van der Waals surface area contributed by atoms with Crippen LogP contribution < -0.4 is 5.32 Å². The van der Waals surface area contributed by atoms with E-state index >= 15 is 0 Å². The van der Waals surface area contributed by atoms with Gasteiger partial charge < -0.3 is 19.8 Å². The van der Waals surface area contributed by atoms with E-state index in [9.17, 15) is 24.0 Å². The first kappa shape index (κ1) is 39.2. The summed E-state index contributed by atoms with van der Waals surface area (Å²) in [6.07, 6.45) is 4.93. The number of nitrogens with zero attached hydrogens (tertiary/aromatic N) is 2. The van der Waals surface area contributed by atoms with Gasteiger partial charge in [0.15, 0.2) is 17.2 Å². The highest BCUT2D eigenvalue weighted by atomic mass is 16.7. The second kappa shape index (κ2) is 15.4. The number of hydrogen-bond acceptors (Lipinski definition) is 8. The van der Waals surface area contributed by atoms with Gasteiger partial charge in [-0.15, -0.1) is 0 Å². The predicted molar refractivity (Wildman–Crippen MR) is 193 cm³/mol. The lowest BCUT2D eigenvalue weighted by Crippen LogP contribution is -2.57. The van der Waals surface area contributed by atoms with E-state index in [1.54, 1.807) is 20.8 Å². The van der Waals surface area contributed by atoms with Crippen molar-refractivity contribution in [3.05, 3.63) is 34.4 Å². The van der Waals surface area contributed by atoms with Gasteiger partial charge in [0.1, 0.15) is 11.6 Å². The Morgan fingerprint density at radius 1 is 1.02 bits per heavy atom. The number of ketones is 3. The summed E-state index contributed by atoms with van der Waals surface area (Å²) < 4.78 is 5.51. The fourth-order valence-corrected chi connectivity index (χ4v) is 7.38. The van der Waals surface area contributed by atoms with Crippen molar-refractivity contribution in [2.75, 3.05) is 6.54 Å². The third-order valence-corrected chi connectivity index (χ3v) is 10.1. The molecular weight excluding hydrogens is 634 g/mol. The zero-order valence-electron chi connectivity index (χ0n) is 32.0. The number of rotatable bonds is 14. The van der Waals surface area contributed by atoms with Crippen molar-refractivity contribution in [2.24, 2.45) is 22.4 Å². The predicted octanol–water partition coefficient (Wildman–Crippen LogP) is 6.97. The molecule has 2 fully saturated rings. The molecule has 10 heteroatoms. The maximum absolute atomic E-state index is 14.6. The summed E-state index contributed by atoms with van der Waals surface area (Å²) in [6.45, 7) is 19.1. The molecule has 276 valence electrons. The molecule has 1 aromatic carbocycles. The molecule has 1 aliphatic carbocycles. The molecule has 4 rings (SSSR count). The molecule has 1 spiro atoms. The summed E-state index contributed by atoms with van der Waals surface area (Å²) in [5, 5.41) is 7.31. The summed E-state index contributed by atoms with van der Waals surface area (Å²) in [5.74, 6) is -2.04. The number of ether oxygens (including phenoxy) is 1. The molecule has 2 amide bonds. The van der Waals surface area contributed by atoms with Crippen LogP contribution in [0.4, 0.5) is 4.79 Å². The zero-order valence-corrected chi connectivity index (χ0v) is 32.0. The molecule has 1 saturated carbocycles. The van der Waals surface area contributed by atoms with Crippen LogP contribution in [0, 0.1) is 31.1 Å². The van der Waals surface area contributed by atoms with Gasteiger partial charge in [0, 0.05) is 31.6 Å². The Kier molecular flexibility index (Phi) is 12.0. The van der Waals surface area contributed by atoms with Gasteiger partial charge in [-0.2, -0.15) is 0 Å². The first-order valence-corrected chi connectivity index (χ1v) is 18.5. The Hall–Kier alpha value is -3.56. The van der Waals surface area contributed by atoms with Crippen LogP contribution >= 0.6 is 0 Å². The molecule has 0 bridgehead atoms. The minimum absolute atomic E-state index is 0.0830. The number of Topliss-reactive ketones (excluding diaryl/α,β-unsaturated/α-hetero) is 3. The number of amides is 2. The Labute approximate surface area is 298 Å². The van der Waals surface area contributed by atoms with E-state index in [4.69, 9.17) is 9.57 Å². The van der Waals surface area contributed by atoms with Crippen LogP contribution in [0.15, 0.2) is 17.3 Å². The molecule has 2 aliphatic heterocycles. The Morgan fingerprint density at radius 2 is 1.66 bits per heavy atom. The van der Waals surface area contributed by atoms with Gasteiger partial charge in [-0.1, -0.05) is 59.0 Å². The normalized spacial score (nSPS) is 21.8. The summed E-state index contributed by atoms with van der Waals surface area (Å²) in [6, 6.07) is 2.31. The highest BCUT2D eigenvalue weighted by Crippen LogP contribution is 2.42. The summed E-state index contributed by atoms with van der Waals surface area (Å²) >= 11 is 0. The Balaban J connectivity index is 1.65. The van der Waals surface area contributed by atoms with Gasteiger partial charge in [0.2, 0.25) is 11.7 Å². The number of hydrogen-bond donors (Lipinski definition) is 1. The number of aryl methyl sites for hydroxylation is 2. The number of likely N-dealkylation sites (tertiary alicyclic amines) is 1. The van der Waals surface area contributed by atoms with Gasteiger partial charge in [-0.05, 0) is 99.6 Å². The molecule has 0 unspecified atom stereocenters. The molecule has 0 aromatic heterocycles. The zero-order chi connectivity index (χ0) is 37.2. The van der Waals surface area contributed by atoms with Crippen LogP contribution in [0.3, 0.4) is 0 Å². The average molecular weight is 694 g/mol. The third-order valence-electron chi connectivity index (χ3n) is 10.1.